The smallest absolute Gasteiger partial charge is 0.0541 e. The SMILES string of the molecule is CC(C)(C)c1cc(-c2cccc3cccc(-c4ccccc4N(c4ccc(-c5ccccc5)cc4-c4ccccc4)c4ccccc4-c4cccc5c4sc4ccccc45)c23)cc(C(C)(C)C)c1. The average Bonchev–Trinajstić information content (AvgIpc) is 3.76. The van der Waals surface area contributed by atoms with Gasteiger partial charge in [-0.1, -0.05) is 236 Å². The fourth-order valence-corrected chi connectivity index (χ4v) is 11.2. The van der Waals surface area contributed by atoms with Gasteiger partial charge in [0.2, 0.25) is 0 Å². The molecule has 2 heteroatoms. The highest BCUT2D eigenvalue weighted by atomic mass is 32.1. The summed E-state index contributed by atoms with van der Waals surface area (Å²) >= 11 is 1.88. The van der Waals surface area contributed by atoms with Crippen molar-refractivity contribution in [1.29, 1.82) is 0 Å². The van der Waals surface area contributed by atoms with Gasteiger partial charge < -0.3 is 4.90 Å². The molecular formula is C66H55NS. The summed E-state index contributed by atoms with van der Waals surface area (Å²) in [4.78, 5) is 2.55. The van der Waals surface area contributed by atoms with Crippen LogP contribution in [0, 0.1) is 0 Å². The van der Waals surface area contributed by atoms with Gasteiger partial charge in [0.25, 0.3) is 0 Å². The number of benzene rings is 10. The van der Waals surface area contributed by atoms with Crippen molar-refractivity contribution >= 4 is 59.3 Å². The van der Waals surface area contributed by atoms with Gasteiger partial charge in [0.05, 0.1) is 17.1 Å². The molecular weight excluding hydrogens is 839 g/mol. The molecule has 0 spiro atoms. The minimum atomic E-state index is -0.0173. The van der Waals surface area contributed by atoms with Gasteiger partial charge in [-0.25, -0.2) is 0 Å². The Balaban J connectivity index is 1.22. The van der Waals surface area contributed by atoms with Crippen molar-refractivity contribution in [2.24, 2.45) is 0 Å². The van der Waals surface area contributed by atoms with E-state index in [0.29, 0.717) is 0 Å². The van der Waals surface area contributed by atoms with E-state index in [-0.39, 0.29) is 10.8 Å². The molecule has 0 saturated heterocycles. The number of nitrogens with zero attached hydrogens (tertiary/aromatic N) is 1. The third kappa shape index (κ3) is 7.89. The lowest BCUT2D eigenvalue weighted by atomic mass is 9.78. The van der Waals surface area contributed by atoms with Crippen LogP contribution in [0.15, 0.2) is 224 Å². The van der Waals surface area contributed by atoms with E-state index in [2.05, 4.69) is 271 Å². The maximum atomic E-state index is 2.55. The topological polar surface area (TPSA) is 3.24 Å². The van der Waals surface area contributed by atoms with Crippen LogP contribution in [0.25, 0.3) is 86.6 Å². The molecule has 0 aliphatic rings. The Kier molecular flexibility index (Phi) is 10.9. The highest BCUT2D eigenvalue weighted by molar-refractivity contribution is 7.26. The van der Waals surface area contributed by atoms with Crippen LogP contribution in [0.3, 0.4) is 0 Å². The van der Waals surface area contributed by atoms with Gasteiger partial charge >= 0.3 is 0 Å². The van der Waals surface area contributed by atoms with Crippen LogP contribution in [0.2, 0.25) is 0 Å². The first-order valence-corrected chi connectivity index (χ1v) is 24.7. The summed E-state index contributed by atoms with van der Waals surface area (Å²) in [7, 11) is 0. The largest absolute Gasteiger partial charge is 0.309 e. The summed E-state index contributed by atoms with van der Waals surface area (Å²) in [5.41, 5.74) is 17.9. The van der Waals surface area contributed by atoms with Crippen LogP contribution in [0.5, 0.6) is 0 Å². The van der Waals surface area contributed by atoms with Gasteiger partial charge in [0.1, 0.15) is 0 Å². The van der Waals surface area contributed by atoms with E-state index in [1.54, 1.807) is 0 Å². The fourth-order valence-electron chi connectivity index (χ4n) is 9.99. The Morgan fingerprint density at radius 3 is 1.49 bits per heavy atom. The zero-order valence-electron chi connectivity index (χ0n) is 39.7. The molecule has 1 nitrogen and oxygen atoms in total. The quantitative estimate of drug-likeness (QED) is 0.147. The lowest BCUT2D eigenvalue weighted by Crippen LogP contribution is -2.16. The highest BCUT2D eigenvalue weighted by Crippen LogP contribution is 2.51. The molecule has 0 atom stereocenters. The number of anilines is 3. The molecule has 330 valence electrons. The lowest BCUT2D eigenvalue weighted by molar-refractivity contribution is 0.569. The van der Waals surface area contributed by atoms with E-state index in [0.717, 1.165) is 33.8 Å². The molecule has 0 saturated carbocycles. The van der Waals surface area contributed by atoms with Crippen molar-refractivity contribution in [3.05, 3.63) is 236 Å². The van der Waals surface area contributed by atoms with E-state index in [4.69, 9.17) is 0 Å². The van der Waals surface area contributed by atoms with Crippen molar-refractivity contribution in [2.75, 3.05) is 4.90 Å². The van der Waals surface area contributed by atoms with Crippen molar-refractivity contribution in [3.63, 3.8) is 0 Å². The highest BCUT2D eigenvalue weighted by Gasteiger charge is 2.27. The van der Waals surface area contributed by atoms with Crippen molar-refractivity contribution < 1.29 is 0 Å². The van der Waals surface area contributed by atoms with E-state index < -0.39 is 0 Å². The summed E-state index contributed by atoms with van der Waals surface area (Å²) in [6.45, 7) is 14.0. The number of hydrogen-bond donors (Lipinski definition) is 0. The fraction of sp³-hybridized carbons (Fsp3) is 0.121. The second-order valence-corrected chi connectivity index (χ2v) is 21.2. The molecule has 1 aromatic heterocycles. The van der Waals surface area contributed by atoms with Gasteiger partial charge in [-0.15, -0.1) is 11.3 Å². The average molecular weight is 894 g/mol. The molecule has 0 aliphatic heterocycles. The molecule has 10 aromatic carbocycles. The summed E-state index contributed by atoms with van der Waals surface area (Å²) in [5, 5.41) is 5.05. The van der Waals surface area contributed by atoms with E-state index >= 15 is 0 Å². The van der Waals surface area contributed by atoms with Crippen molar-refractivity contribution in [2.45, 2.75) is 52.4 Å². The number of thiophene rings is 1. The summed E-state index contributed by atoms with van der Waals surface area (Å²) in [5.74, 6) is 0. The molecule has 0 aliphatic carbocycles. The van der Waals surface area contributed by atoms with Crippen LogP contribution in [-0.4, -0.2) is 0 Å². The van der Waals surface area contributed by atoms with Crippen LogP contribution in [0.1, 0.15) is 52.7 Å². The van der Waals surface area contributed by atoms with E-state index in [1.807, 2.05) is 11.3 Å². The molecule has 0 amide bonds. The molecule has 11 aromatic rings. The van der Waals surface area contributed by atoms with E-state index in [9.17, 15) is 0 Å². The maximum absolute atomic E-state index is 2.55. The molecule has 1 heterocycles. The predicted octanol–water partition coefficient (Wildman–Crippen LogP) is 19.6. The number of fused-ring (bicyclic) bond motifs is 4. The molecule has 0 unspecified atom stereocenters. The lowest BCUT2D eigenvalue weighted by Gasteiger charge is -2.32. The minimum absolute atomic E-state index is 0.0173. The molecule has 0 bridgehead atoms. The van der Waals surface area contributed by atoms with Gasteiger partial charge in [-0.3, -0.25) is 0 Å². The standard InChI is InChI=1S/C66H55NS/c1-65(2,3)49-40-48(41-50(43-49)66(4,5)6)51-31-19-26-46-27-20-32-55(63(46)51)52-28-13-16-35-59(52)67(61-39-38-47(44-22-9-7-10-23-44)42-58(61)45-24-11-8-12-25-45)60-36-17-14-29-53(60)56-33-21-34-57-54-30-15-18-37-62(54)68-64(56)57/h7-43H,1-6H3. The predicted molar refractivity (Wildman–Crippen MR) is 296 cm³/mol. The van der Waals surface area contributed by atoms with E-state index in [1.165, 1.54) is 81.0 Å². The first-order chi connectivity index (χ1) is 33.0. The molecule has 68 heavy (non-hydrogen) atoms. The first-order valence-electron chi connectivity index (χ1n) is 23.8. The second kappa shape index (κ2) is 17.3. The second-order valence-electron chi connectivity index (χ2n) is 20.1. The zero-order valence-corrected chi connectivity index (χ0v) is 40.5. The molecule has 0 N–H and O–H groups in total. The Labute approximate surface area is 405 Å². The Hall–Kier alpha value is -7.52. The minimum Gasteiger partial charge on any atom is -0.309 e. The molecule has 11 rings (SSSR count). The third-order valence-electron chi connectivity index (χ3n) is 13.6. The Morgan fingerprint density at radius 1 is 0.324 bits per heavy atom. The van der Waals surface area contributed by atoms with Crippen LogP contribution >= 0.6 is 11.3 Å². The monoisotopic (exact) mass is 893 g/mol. The Bertz CT molecular complexity index is 3600. The number of rotatable bonds is 8. The zero-order chi connectivity index (χ0) is 46.6. The van der Waals surface area contributed by atoms with Gasteiger partial charge in [0.15, 0.2) is 0 Å². The maximum Gasteiger partial charge on any atom is 0.0541 e. The summed E-state index contributed by atoms with van der Waals surface area (Å²) in [6.07, 6.45) is 0. The van der Waals surface area contributed by atoms with Crippen LogP contribution in [0.4, 0.5) is 17.1 Å². The van der Waals surface area contributed by atoms with Gasteiger partial charge in [0, 0.05) is 42.4 Å². The normalized spacial score (nSPS) is 12.0. The van der Waals surface area contributed by atoms with Crippen molar-refractivity contribution in [3.8, 4) is 55.6 Å². The van der Waals surface area contributed by atoms with Crippen LogP contribution in [-0.2, 0) is 10.8 Å². The summed E-state index contributed by atoms with van der Waals surface area (Å²) < 4.78 is 2.59. The first kappa shape index (κ1) is 43.1. The summed E-state index contributed by atoms with van der Waals surface area (Å²) in [6, 6.07) is 83.4. The number of para-hydroxylation sites is 2. The Morgan fingerprint density at radius 2 is 0.824 bits per heavy atom. The molecule has 0 fully saturated rings. The molecule has 0 radical (unpaired) electrons. The van der Waals surface area contributed by atoms with Crippen LogP contribution < -0.4 is 4.90 Å². The van der Waals surface area contributed by atoms with Gasteiger partial charge in [-0.05, 0) is 96.4 Å². The third-order valence-corrected chi connectivity index (χ3v) is 14.8. The number of hydrogen-bond acceptors (Lipinski definition) is 2. The van der Waals surface area contributed by atoms with Gasteiger partial charge in [-0.2, -0.15) is 0 Å². The van der Waals surface area contributed by atoms with Crippen molar-refractivity contribution in [1.82, 2.24) is 0 Å².